The van der Waals surface area contributed by atoms with E-state index in [1.165, 1.54) is 41.3 Å². The first kappa shape index (κ1) is 17.7. The Hall–Kier alpha value is -2.70. The number of benzene rings is 1. The molecule has 2 N–H and O–H groups in total. The monoisotopic (exact) mass is 334 g/mol. The minimum Gasteiger partial charge on any atom is -0.452 e. The average molecular weight is 334 g/mol. The van der Waals surface area contributed by atoms with Gasteiger partial charge in [-0.25, -0.2) is 9.18 Å². The standard InChI is InChI=1S/C17H19FN2O4/c18-14-6-3-12(4-7-14)5-8-16(22)24-11-15(21)20-9-1-2-13(10-20)17(19)23/h3-8,13H,1-2,9-11H2,(H2,19,23)/b8-5+/t13-/m1/s1. The topological polar surface area (TPSA) is 89.7 Å². The highest BCUT2D eigenvalue weighted by Crippen LogP contribution is 2.16. The van der Waals surface area contributed by atoms with E-state index in [4.69, 9.17) is 10.5 Å². The van der Waals surface area contributed by atoms with Crippen LogP contribution in [0.1, 0.15) is 18.4 Å². The predicted octanol–water partition coefficient (Wildman–Crippen LogP) is 1.11. The van der Waals surface area contributed by atoms with Gasteiger partial charge in [0.25, 0.3) is 5.91 Å². The van der Waals surface area contributed by atoms with Crippen molar-refractivity contribution in [3.8, 4) is 0 Å². The minimum atomic E-state index is -0.670. The highest BCUT2D eigenvalue weighted by Gasteiger charge is 2.27. The summed E-state index contributed by atoms with van der Waals surface area (Å²) < 4.78 is 17.7. The van der Waals surface area contributed by atoms with E-state index in [2.05, 4.69) is 0 Å². The number of primary amides is 1. The third kappa shape index (κ3) is 5.19. The molecule has 1 aliphatic heterocycles. The molecule has 2 amide bonds. The van der Waals surface area contributed by atoms with Crippen molar-refractivity contribution in [1.29, 1.82) is 0 Å². The Bertz CT molecular complexity index is 642. The van der Waals surface area contributed by atoms with E-state index in [0.29, 0.717) is 24.9 Å². The SMILES string of the molecule is NC(=O)[C@@H]1CCCN(C(=O)COC(=O)/C=C/c2ccc(F)cc2)C1. The molecule has 0 bridgehead atoms. The van der Waals surface area contributed by atoms with Crippen molar-refractivity contribution in [3.63, 3.8) is 0 Å². The molecular weight excluding hydrogens is 315 g/mol. The fourth-order valence-electron chi connectivity index (χ4n) is 2.45. The quantitative estimate of drug-likeness (QED) is 0.645. The summed E-state index contributed by atoms with van der Waals surface area (Å²) in [4.78, 5) is 36.3. The number of halogens is 1. The van der Waals surface area contributed by atoms with Gasteiger partial charge in [0.05, 0.1) is 5.92 Å². The number of nitrogens with zero attached hydrogens (tertiary/aromatic N) is 1. The number of amides is 2. The summed E-state index contributed by atoms with van der Waals surface area (Å²) in [7, 11) is 0. The summed E-state index contributed by atoms with van der Waals surface area (Å²) in [5.74, 6) is -2.17. The highest BCUT2D eigenvalue weighted by atomic mass is 19.1. The molecule has 0 radical (unpaired) electrons. The summed E-state index contributed by atoms with van der Waals surface area (Å²) in [6, 6.07) is 5.59. The molecule has 2 rings (SSSR count). The fourth-order valence-corrected chi connectivity index (χ4v) is 2.45. The summed E-state index contributed by atoms with van der Waals surface area (Å²) in [5.41, 5.74) is 5.90. The molecule has 0 aromatic heterocycles. The number of hydrogen-bond acceptors (Lipinski definition) is 4. The number of nitrogens with two attached hydrogens (primary N) is 1. The van der Waals surface area contributed by atoms with Gasteiger partial charge in [-0.2, -0.15) is 0 Å². The largest absolute Gasteiger partial charge is 0.452 e. The van der Waals surface area contributed by atoms with Gasteiger partial charge in [0.1, 0.15) is 5.82 Å². The first-order chi connectivity index (χ1) is 11.5. The lowest BCUT2D eigenvalue weighted by Gasteiger charge is -2.30. The molecule has 0 unspecified atom stereocenters. The highest BCUT2D eigenvalue weighted by molar-refractivity contribution is 5.89. The lowest BCUT2D eigenvalue weighted by Crippen LogP contribution is -2.45. The van der Waals surface area contributed by atoms with Gasteiger partial charge in [0.2, 0.25) is 5.91 Å². The summed E-state index contributed by atoms with van der Waals surface area (Å²) in [5, 5.41) is 0. The number of hydrogen-bond donors (Lipinski definition) is 1. The second-order valence-electron chi connectivity index (χ2n) is 5.57. The van der Waals surface area contributed by atoms with E-state index in [-0.39, 0.29) is 24.2 Å². The van der Waals surface area contributed by atoms with Crippen molar-refractivity contribution in [2.75, 3.05) is 19.7 Å². The molecule has 0 spiro atoms. The Balaban J connectivity index is 1.79. The van der Waals surface area contributed by atoms with E-state index in [1.54, 1.807) is 0 Å². The van der Waals surface area contributed by atoms with Gasteiger partial charge in [0, 0.05) is 19.2 Å². The number of piperidine rings is 1. The van der Waals surface area contributed by atoms with Crippen LogP contribution in [0, 0.1) is 11.7 Å². The van der Waals surface area contributed by atoms with Gasteiger partial charge >= 0.3 is 5.97 Å². The molecule has 0 saturated carbocycles. The normalized spacial score (nSPS) is 17.7. The van der Waals surface area contributed by atoms with Gasteiger partial charge in [0.15, 0.2) is 6.61 Å². The van der Waals surface area contributed by atoms with Gasteiger partial charge in [-0.05, 0) is 36.6 Å². The van der Waals surface area contributed by atoms with E-state index >= 15 is 0 Å². The van der Waals surface area contributed by atoms with Crippen molar-refractivity contribution < 1.29 is 23.5 Å². The lowest BCUT2D eigenvalue weighted by atomic mass is 9.97. The second kappa shape index (κ2) is 8.24. The number of ether oxygens (including phenoxy) is 1. The smallest absolute Gasteiger partial charge is 0.331 e. The van der Waals surface area contributed by atoms with E-state index < -0.39 is 18.5 Å². The van der Waals surface area contributed by atoms with Crippen LogP contribution in [0.5, 0.6) is 0 Å². The zero-order chi connectivity index (χ0) is 17.5. The molecule has 1 aromatic carbocycles. The number of rotatable bonds is 5. The Labute approximate surface area is 139 Å². The van der Waals surface area contributed by atoms with Crippen molar-refractivity contribution >= 4 is 23.9 Å². The average Bonchev–Trinajstić information content (AvgIpc) is 2.59. The first-order valence-corrected chi connectivity index (χ1v) is 7.63. The van der Waals surface area contributed by atoms with Crippen LogP contribution in [0.25, 0.3) is 6.08 Å². The molecular formula is C17H19FN2O4. The summed E-state index contributed by atoms with van der Waals surface area (Å²) in [6.07, 6.45) is 4.00. The number of esters is 1. The number of carbonyl (C=O) groups is 3. The van der Waals surface area contributed by atoms with E-state index in [9.17, 15) is 18.8 Å². The van der Waals surface area contributed by atoms with Crippen LogP contribution in [-0.2, 0) is 19.1 Å². The van der Waals surface area contributed by atoms with Gasteiger partial charge < -0.3 is 15.4 Å². The maximum absolute atomic E-state index is 12.8. The Morgan fingerprint density at radius 1 is 1.29 bits per heavy atom. The zero-order valence-corrected chi connectivity index (χ0v) is 13.1. The lowest BCUT2D eigenvalue weighted by molar-refractivity contribution is -0.149. The molecule has 1 fully saturated rings. The van der Waals surface area contributed by atoms with Crippen LogP contribution < -0.4 is 5.73 Å². The second-order valence-corrected chi connectivity index (χ2v) is 5.57. The summed E-state index contributed by atoms with van der Waals surface area (Å²) >= 11 is 0. The molecule has 1 aromatic rings. The van der Waals surface area contributed by atoms with Crippen LogP contribution in [-0.4, -0.2) is 42.4 Å². The van der Waals surface area contributed by atoms with Gasteiger partial charge in [-0.3, -0.25) is 9.59 Å². The van der Waals surface area contributed by atoms with Crippen LogP contribution in [0.4, 0.5) is 4.39 Å². The number of carbonyl (C=O) groups excluding carboxylic acids is 3. The fraction of sp³-hybridized carbons (Fsp3) is 0.353. The van der Waals surface area contributed by atoms with E-state index in [0.717, 1.165) is 0 Å². The van der Waals surface area contributed by atoms with Crippen molar-refractivity contribution in [2.45, 2.75) is 12.8 Å². The maximum Gasteiger partial charge on any atom is 0.331 e. The molecule has 128 valence electrons. The van der Waals surface area contributed by atoms with Crippen molar-refractivity contribution in [2.24, 2.45) is 11.7 Å². The molecule has 6 nitrogen and oxygen atoms in total. The minimum absolute atomic E-state index is 0.261. The Kier molecular flexibility index (Phi) is 6.06. The third-order valence-corrected chi connectivity index (χ3v) is 3.80. The molecule has 1 heterocycles. The zero-order valence-electron chi connectivity index (χ0n) is 13.1. The molecule has 7 heteroatoms. The molecule has 1 aliphatic rings. The maximum atomic E-state index is 12.8. The summed E-state index contributed by atoms with van der Waals surface area (Å²) in [6.45, 7) is 0.390. The van der Waals surface area contributed by atoms with Crippen LogP contribution in [0.3, 0.4) is 0 Å². The van der Waals surface area contributed by atoms with Crippen LogP contribution >= 0.6 is 0 Å². The molecule has 24 heavy (non-hydrogen) atoms. The Morgan fingerprint density at radius 2 is 2.00 bits per heavy atom. The van der Waals surface area contributed by atoms with E-state index in [1.807, 2.05) is 0 Å². The van der Waals surface area contributed by atoms with Crippen molar-refractivity contribution in [3.05, 3.63) is 41.7 Å². The van der Waals surface area contributed by atoms with Gasteiger partial charge in [-0.15, -0.1) is 0 Å². The predicted molar refractivity (Wildman–Crippen MR) is 84.9 cm³/mol. The molecule has 1 saturated heterocycles. The first-order valence-electron chi connectivity index (χ1n) is 7.63. The van der Waals surface area contributed by atoms with Gasteiger partial charge in [-0.1, -0.05) is 12.1 Å². The van der Waals surface area contributed by atoms with Crippen LogP contribution in [0.2, 0.25) is 0 Å². The third-order valence-electron chi connectivity index (χ3n) is 3.80. The Morgan fingerprint density at radius 3 is 2.67 bits per heavy atom. The molecule has 1 atom stereocenters. The molecule has 0 aliphatic carbocycles. The number of likely N-dealkylation sites (tertiary alicyclic amines) is 1. The van der Waals surface area contributed by atoms with Crippen molar-refractivity contribution in [1.82, 2.24) is 4.90 Å². The van der Waals surface area contributed by atoms with Crippen LogP contribution in [0.15, 0.2) is 30.3 Å².